The van der Waals surface area contributed by atoms with Gasteiger partial charge in [0.1, 0.15) is 0 Å². The summed E-state index contributed by atoms with van der Waals surface area (Å²) in [6.45, 7) is 5.24. The fourth-order valence-corrected chi connectivity index (χ4v) is 1.90. The zero-order valence-corrected chi connectivity index (χ0v) is 10.3. The van der Waals surface area contributed by atoms with Gasteiger partial charge in [-0.15, -0.1) is 0 Å². The van der Waals surface area contributed by atoms with E-state index in [0.29, 0.717) is 0 Å². The molecule has 0 fully saturated rings. The molecule has 17 heavy (non-hydrogen) atoms. The third-order valence-electron chi connectivity index (χ3n) is 2.78. The van der Waals surface area contributed by atoms with Crippen LogP contribution in [0.25, 0.3) is 11.3 Å². The van der Waals surface area contributed by atoms with Gasteiger partial charge in [0.05, 0.1) is 18.2 Å². The smallest absolute Gasteiger partial charge is 0.0950 e. The summed E-state index contributed by atoms with van der Waals surface area (Å²) in [6, 6.07) is 10.4. The Labute approximate surface area is 103 Å². The monoisotopic (exact) mass is 229 g/mol. The van der Waals surface area contributed by atoms with Gasteiger partial charge in [-0.05, 0) is 25.1 Å². The van der Waals surface area contributed by atoms with Gasteiger partial charge in [0.2, 0.25) is 0 Å². The Morgan fingerprint density at radius 1 is 1.24 bits per heavy atom. The van der Waals surface area contributed by atoms with E-state index in [9.17, 15) is 0 Å². The third-order valence-corrected chi connectivity index (χ3v) is 2.78. The number of hydrogen-bond donors (Lipinski definition) is 1. The highest BCUT2D eigenvalue weighted by Crippen LogP contribution is 2.18. The van der Waals surface area contributed by atoms with Gasteiger partial charge in [0.25, 0.3) is 0 Å². The van der Waals surface area contributed by atoms with Crippen LogP contribution in [0.2, 0.25) is 0 Å². The minimum absolute atomic E-state index is 1.01. The second-order valence-electron chi connectivity index (χ2n) is 4.05. The summed E-state index contributed by atoms with van der Waals surface area (Å²) in [5.41, 5.74) is 2.43. The van der Waals surface area contributed by atoms with Crippen LogP contribution in [0.4, 0.5) is 0 Å². The fourth-order valence-electron chi connectivity index (χ4n) is 1.90. The van der Waals surface area contributed by atoms with E-state index in [1.54, 1.807) is 0 Å². The quantitative estimate of drug-likeness (QED) is 0.771. The largest absolute Gasteiger partial charge is 0.331 e. The van der Waals surface area contributed by atoms with Crippen LogP contribution in [0.15, 0.2) is 42.9 Å². The predicted octanol–water partition coefficient (Wildman–Crippen LogP) is 2.55. The maximum atomic E-state index is 4.24. The molecule has 1 aromatic carbocycles. The Bertz CT molecular complexity index is 434. The number of aromatic nitrogens is 2. The Balaban J connectivity index is 2.02. The second-order valence-corrected chi connectivity index (χ2v) is 4.05. The highest BCUT2D eigenvalue weighted by molar-refractivity contribution is 5.58. The van der Waals surface area contributed by atoms with E-state index in [1.165, 1.54) is 11.3 Å². The molecule has 3 heteroatoms. The number of aryl methyl sites for hydroxylation is 1. The summed E-state index contributed by atoms with van der Waals surface area (Å²) < 4.78 is 2.21. The minimum Gasteiger partial charge on any atom is -0.331 e. The molecule has 2 aromatic rings. The van der Waals surface area contributed by atoms with Crippen molar-refractivity contribution in [3.8, 4) is 11.3 Å². The van der Waals surface area contributed by atoms with Gasteiger partial charge in [-0.1, -0.05) is 37.3 Å². The first-order valence-electron chi connectivity index (χ1n) is 6.18. The molecule has 0 aliphatic carbocycles. The Morgan fingerprint density at radius 2 is 2.06 bits per heavy atom. The molecule has 0 atom stereocenters. The zero-order chi connectivity index (χ0) is 11.9. The van der Waals surface area contributed by atoms with Crippen molar-refractivity contribution in [2.24, 2.45) is 0 Å². The maximum Gasteiger partial charge on any atom is 0.0950 e. The van der Waals surface area contributed by atoms with Gasteiger partial charge in [-0.25, -0.2) is 4.98 Å². The SMILES string of the molecule is CCNCCCn1cncc1-c1ccccc1. The summed E-state index contributed by atoms with van der Waals surface area (Å²) in [5.74, 6) is 0. The lowest BCUT2D eigenvalue weighted by molar-refractivity contribution is 0.595. The lowest BCUT2D eigenvalue weighted by atomic mass is 10.2. The first-order chi connectivity index (χ1) is 8.42. The van der Waals surface area contributed by atoms with E-state index in [2.05, 4.69) is 46.1 Å². The van der Waals surface area contributed by atoms with Gasteiger partial charge in [-0.2, -0.15) is 0 Å². The number of imidazole rings is 1. The van der Waals surface area contributed by atoms with Crippen molar-refractivity contribution in [2.75, 3.05) is 13.1 Å². The van der Waals surface area contributed by atoms with Gasteiger partial charge in [-0.3, -0.25) is 0 Å². The molecule has 1 heterocycles. The highest BCUT2D eigenvalue weighted by Gasteiger charge is 2.03. The molecule has 1 N–H and O–H groups in total. The van der Waals surface area contributed by atoms with Crippen LogP contribution in [0, 0.1) is 0 Å². The molecule has 0 radical (unpaired) electrons. The number of hydrogen-bond acceptors (Lipinski definition) is 2. The predicted molar refractivity (Wildman–Crippen MR) is 70.8 cm³/mol. The second kappa shape index (κ2) is 6.21. The summed E-state index contributed by atoms with van der Waals surface area (Å²) in [6.07, 6.45) is 4.97. The molecule has 0 aliphatic rings. The van der Waals surface area contributed by atoms with Crippen LogP contribution < -0.4 is 5.32 Å². The van der Waals surface area contributed by atoms with Crippen molar-refractivity contribution >= 4 is 0 Å². The topological polar surface area (TPSA) is 29.9 Å². The summed E-state index contributed by atoms with van der Waals surface area (Å²) >= 11 is 0. The highest BCUT2D eigenvalue weighted by atomic mass is 15.0. The summed E-state index contributed by atoms with van der Waals surface area (Å²) in [7, 11) is 0. The van der Waals surface area contributed by atoms with Gasteiger partial charge < -0.3 is 9.88 Å². The summed E-state index contributed by atoms with van der Waals surface area (Å²) in [4.78, 5) is 4.24. The molecule has 2 rings (SSSR count). The van der Waals surface area contributed by atoms with Crippen molar-refractivity contribution in [3.63, 3.8) is 0 Å². The van der Waals surface area contributed by atoms with Crippen LogP contribution in [0.3, 0.4) is 0 Å². The molecule has 0 saturated carbocycles. The average Bonchev–Trinajstić information content (AvgIpc) is 2.84. The van der Waals surface area contributed by atoms with Crippen molar-refractivity contribution < 1.29 is 0 Å². The molecule has 3 nitrogen and oxygen atoms in total. The van der Waals surface area contributed by atoms with E-state index in [0.717, 1.165) is 26.1 Å². The number of nitrogens with zero attached hydrogens (tertiary/aromatic N) is 2. The van der Waals surface area contributed by atoms with Gasteiger partial charge in [0.15, 0.2) is 0 Å². The van der Waals surface area contributed by atoms with E-state index >= 15 is 0 Å². The molecular weight excluding hydrogens is 210 g/mol. The fraction of sp³-hybridized carbons (Fsp3) is 0.357. The van der Waals surface area contributed by atoms with Crippen molar-refractivity contribution in [1.82, 2.24) is 14.9 Å². The lowest BCUT2D eigenvalue weighted by Crippen LogP contribution is -2.16. The van der Waals surface area contributed by atoms with Crippen LogP contribution in [-0.2, 0) is 6.54 Å². The maximum absolute atomic E-state index is 4.24. The minimum atomic E-state index is 1.01. The first kappa shape index (κ1) is 11.9. The van der Waals surface area contributed by atoms with Crippen LogP contribution in [-0.4, -0.2) is 22.6 Å². The molecule has 1 aromatic heterocycles. The number of rotatable bonds is 6. The first-order valence-corrected chi connectivity index (χ1v) is 6.18. The van der Waals surface area contributed by atoms with E-state index in [1.807, 2.05) is 18.6 Å². The third kappa shape index (κ3) is 3.17. The summed E-state index contributed by atoms with van der Waals surface area (Å²) in [5, 5.41) is 3.34. The van der Waals surface area contributed by atoms with Crippen LogP contribution >= 0.6 is 0 Å². The lowest BCUT2D eigenvalue weighted by Gasteiger charge is -2.08. The molecule has 0 unspecified atom stereocenters. The standard InChI is InChI=1S/C14H19N3/c1-2-15-9-6-10-17-12-16-11-14(17)13-7-4-3-5-8-13/h3-5,7-8,11-12,15H,2,6,9-10H2,1H3. The molecule has 0 bridgehead atoms. The zero-order valence-electron chi connectivity index (χ0n) is 10.3. The van der Waals surface area contributed by atoms with Crippen molar-refractivity contribution in [2.45, 2.75) is 19.9 Å². The van der Waals surface area contributed by atoms with Crippen LogP contribution in [0.5, 0.6) is 0 Å². The van der Waals surface area contributed by atoms with Gasteiger partial charge in [0, 0.05) is 6.54 Å². The molecule has 0 saturated heterocycles. The molecular formula is C14H19N3. The van der Waals surface area contributed by atoms with Crippen molar-refractivity contribution in [1.29, 1.82) is 0 Å². The molecule has 0 amide bonds. The number of benzene rings is 1. The number of nitrogens with one attached hydrogen (secondary N) is 1. The Kier molecular flexibility index (Phi) is 4.33. The normalized spacial score (nSPS) is 10.6. The van der Waals surface area contributed by atoms with Crippen LogP contribution in [0.1, 0.15) is 13.3 Å². The van der Waals surface area contributed by atoms with E-state index in [4.69, 9.17) is 0 Å². The molecule has 90 valence electrons. The Morgan fingerprint density at radius 3 is 2.82 bits per heavy atom. The molecule has 0 aliphatic heterocycles. The average molecular weight is 229 g/mol. The van der Waals surface area contributed by atoms with Crippen molar-refractivity contribution in [3.05, 3.63) is 42.9 Å². The van der Waals surface area contributed by atoms with E-state index in [-0.39, 0.29) is 0 Å². The van der Waals surface area contributed by atoms with E-state index < -0.39 is 0 Å². The van der Waals surface area contributed by atoms with Gasteiger partial charge >= 0.3 is 0 Å². The molecule has 0 spiro atoms. The Hall–Kier alpha value is -1.61.